The normalized spacial score (nSPS) is 20.3. The van der Waals surface area contributed by atoms with Crippen molar-refractivity contribution < 1.29 is 14.3 Å². The average Bonchev–Trinajstić information content (AvgIpc) is 2.94. The molecule has 0 aliphatic carbocycles. The Balaban J connectivity index is 2.14. The van der Waals surface area contributed by atoms with Crippen LogP contribution in [-0.2, 0) is 15.1 Å². The minimum Gasteiger partial charge on any atom is -0.497 e. The van der Waals surface area contributed by atoms with Crippen LogP contribution < -0.4 is 4.74 Å². The molecule has 0 aromatic heterocycles. The number of benzene rings is 2. The van der Waals surface area contributed by atoms with Gasteiger partial charge in [0.15, 0.2) is 5.54 Å². The lowest BCUT2D eigenvalue weighted by atomic mass is 9.80. The van der Waals surface area contributed by atoms with Crippen molar-refractivity contribution in [3.63, 3.8) is 0 Å². The molecule has 0 N–H and O–H groups in total. The number of carbonyl (C=O) groups excluding carboxylic acids is 1. The summed E-state index contributed by atoms with van der Waals surface area (Å²) < 4.78 is 10.8. The number of cyclic esters (lactones) is 1. The monoisotopic (exact) mass is 309 g/mol. The number of aliphatic imine (C=N–C) groups is 1. The molecule has 0 saturated carbocycles. The zero-order valence-electron chi connectivity index (χ0n) is 13.4. The highest BCUT2D eigenvalue weighted by Gasteiger charge is 2.50. The van der Waals surface area contributed by atoms with E-state index in [2.05, 4.69) is 0 Å². The zero-order valence-corrected chi connectivity index (χ0v) is 13.4. The standard InChI is InChI=1S/C19H19NO3/c1-13(2)19(15-10-7-11-16(12-15)22-3)18(21)23-17(20-19)14-8-5-4-6-9-14/h4-13H,1-3H3/t19-/m1/s1. The van der Waals surface area contributed by atoms with Gasteiger partial charge in [0.05, 0.1) is 7.11 Å². The van der Waals surface area contributed by atoms with Crippen LogP contribution in [0.3, 0.4) is 0 Å². The first kappa shape index (κ1) is 15.3. The van der Waals surface area contributed by atoms with E-state index in [1.165, 1.54) is 0 Å². The molecule has 1 aliphatic rings. The largest absolute Gasteiger partial charge is 0.497 e. The number of carbonyl (C=O) groups is 1. The Labute approximate surface area is 135 Å². The molecule has 2 aromatic rings. The van der Waals surface area contributed by atoms with Gasteiger partial charge in [0, 0.05) is 5.56 Å². The molecule has 4 nitrogen and oxygen atoms in total. The van der Waals surface area contributed by atoms with Gasteiger partial charge in [-0.3, -0.25) is 0 Å². The van der Waals surface area contributed by atoms with Crippen molar-refractivity contribution in [2.45, 2.75) is 19.4 Å². The van der Waals surface area contributed by atoms with Gasteiger partial charge < -0.3 is 9.47 Å². The van der Waals surface area contributed by atoms with Crippen LogP contribution >= 0.6 is 0 Å². The van der Waals surface area contributed by atoms with E-state index in [4.69, 9.17) is 14.5 Å². The Morgan fingerprint density at radius 1 is 1.09 bits per heavy atom. The smallest absolute Gasteiger partial charge is 0.345 e. The molecule has 23 heavy (non-hydrogen) atoms. The van der Waals surface area contributed by atoms with Crippen LogP contribution in [0.5, 0.6) is 5.75 Å². The first-order valence-electron chi connectivity index (χ1n) is 7.60. The molecule has 1 heterocycles. The number of rotatable bonds is 4. The summed E-state index contributed by atoms with van der Waals surface area (Å²) in [6.07, 6.45) is 0. The first-order chi connectivity index (χ1) is 11.1. The molecule has 0 bridgehead atoms. The quantitative estimate of drug-likeness (QED) is 0.812. The van der Waals surface area contributed by atoms with Crippen LogP contribution in [-0.4, -0.2) is 19.0 Å². The topological polar surface area (TPSA) is 47.9 Å². The van der Waals surface area contributed by atoms with Gasteiger partial charge in [-0.15, -0.1) is 0 Å². The van der Waals surface area contributed by atoms with Crippen LogP contribution in [0.4, 0.5) is 0 Å². The molecule has 0 spiro atoms. The third-order valence-electron chi connectivity index (χ3n) is 4.14. The van der Waals surface area contributed by atoms with Crippen molar-refractivity contribution in [1.82, 2.24) is 0 Å². The second-order valence-corrected chi connectivity index (χ2v) is 5.83. The molecule has 0 radical (unpaired) electrons. The fourth-order valence-electron chi connectivity index (χ4n) is 2.84. The molecule has 118 valence electrons. The number of hydrogen-bond donors (Lipinski definition) is 0. The molecule has 1 aliphatic heterocycles. The molecule has 4 heteroatoms. The molecular weight excluding hydrogens is 290 g/mol. The summed E-state index contributed by atoms with van der Waals surface area (Å²) in [5, 5.41) is 0. The molecule has 0 saturated heterocycles. The number of methoxy groups -OCH3 is 1. The summed E-state index contributed by atoms with van der Waals surface area (Å²) in [7, 11) is 1.60. The van der Waals surface area contributed by atoms with Gasteiger partial charge >= 0.3 is 5.97 Å². The van der Waals surface area contributed by atoms with E-state index in [9.17, 15) is 4.79 Å². The third-order valence-corrected chi connectivity index (χ3v) is 4.14. The minimum atomic E-state index is -1.04. The highest BCUT2D eigenvalue weighted by atomic mass is 16.6. The van der Waals surface area contributed by atoms with E-state index in [1.807, 2.05) is 68.4 Å². The summed E-state index contributed by atoms with van der Waals surface area (Å²) in [5.41, 5.74) is 0.536. The maximum absolute atomic E-state index is 12.7. The number of esters is 1. The van der Waals surface area contributed by atoms with E-state index >= 15 is 0 Å². The summed E-state index contributed by atoms with van der Waals surface area (Å²) >= 11 is 0. The Morgan fingerprint density at radius 3 is 2.48 bits per heavy atom. The number of ether oxygens (including phenoxy) is 2. The van der Waals surface area contributed by atoms with Crippen LogP contribution in [0, 0.1) is 5.92 Å². The molecule has 0 amide bonds. The van der Waals surface area contributed by atoms with Crippen molar-refractivity contribution >= 4 is 11.9 Å². The van der Waals surface area contributed by atoms with Crippen molar-refractivity contribution in [2.75, 3.05) is 7.11 Å². The Kier molecular flexibility index (Phi) is 3.90. The van der Waals surface area contributed by atoms with Gasteiger partial charge in [-0.05, 0) is 35.7 Å². The van der Waals surface area contributed by atoms with E-state index < -0.39 is 5.54 Å². The summed E-state index contributed by atoms with van der Waals surface area (Å²) in [6.45, 7) is 3.94. The van der Waals surface area contributed by atoms with Gasteiger partial charge in [0.25, 0.3) is 0 Å². The maximum Gasteiger partial charge on any atom is 0.345 e. The predicted molar refractivity (Wildman–Crippen MR) is 88.6 cm³/mol. The van der Waals surface area contributed by atoms with E-state index in [0.717, 1.165) is 11.1 Å². The van der Waals surface area contributed by atoms with Gasteiger partial charge in [-0.25, -0.2) is 9.79 Å². The van der Waals surface area contributed by atoms with Crippen molar-refractivity contribution in [2.24, 2.45) is 10.9 Å². The maximum atomic E-state index is 12.7. The number of hydrogen-bond acceptors (Lipinski definition) is 4. The molecule has 1 atom stereocenters. The van der Waals surface area contributed by atoms with Gasteiger partial charge in [0.1, 0.15) is 5.75 Å². The first-order valence-corrected chi connectivity index (χ1v) is 7.60. The van der Waals surface area contributed by atoms with Crippen molar-refractivity contribution in [3.05, 3.63) is 65.7 Å². The van der Waals surface area contributed by atoms with E-state index in [1.54, 1.807) is 7.11 Å². The van der Waals surface area contributed by atoms with Gasteiger partial charge in [-0.2, -0.15) is 0 Å². The second kappa shape index (κ2) is 5.88. The Morgan fingerprint density at radius 2 is 1.83 bits per heavy atom. The second-order valence-electron chi connectivity index (χ2n) is 5.83. The van der Waals surface area contributed by atoms with Crippen LogP contribution in [0.1, 0.15) is 25.0 Å². The van der Waals surface area contributed by atoms with Gasteiger partial charge in [-0.1, -0.05) is 44.2 Å². The lowest BCUT2D eigenvalue weighted by Gasteiger charge is -2.26. The van der Waals surface area contributed by atoms with Crippen molar-refractivity contribution in [3.8, 4) is 5.75 Å². The SMILES string of the molecule is COc1cccc([C@@]2(C(C)C)N=C(c3ccccc3)OC2=O)c1. The van der Waals surface area contributed by atoms with E-state index in [0.29, 0.717) is 11.6 Å². The molecule has 3 rings (SSSR count). The van der Waals surface area contributed by atoms with E-state index in [-0.39, 0.29) is 11.9 Å². The average molecular weight is 309 g/mol. The molecular formula is C19H19NO3. The molecule has 0 unspecified atom stereocenters. The van der Waals surface area contributed by atoms with Crippen LogP contribution in [0.2, 0.25) is 0 Å². The fourth-order valence-corrected chi connectivity index (χ4v) is 2.84. The summed E-state index contributed by atoms with van der Waals surface area (Å²) in [4.78, 5) is 17.4. The lowest BCUT2D eigenvalue weighted by molar-refractivity contribution is -0.141. The number of nitrogens with zero attached hydrogens (tertiary/aromatic N) is 1. The Hall–Kier alpha value is -2.62. The summed E-state index contributed by atoms with van der Waals surface area (Å²) in [5.74, 6) is 0.661. The predicted octanol–water partition coefficient (Wildman–Crippen LogP) is 3.55. The van der Waals surface area contributed by atoms with Crippen molar-refractivity contribution in [1.29, 1.82) is 0 Å². The third kappa shape index (κ3) is 2.50. The highest BCUT2D eigenvalue weighted by Crippen LogP contribution is 2.41. The zero-order chi connectivity index (χ0) is 16.4. The summed E-state index contributed by atoms with van der Waals surface area (Å²) in [6, 6.07) is 16.9. The van der Waals surface area contributed by atoms with Crippen LogP contribution in [0.25, 0.3) is 0 Å². The molecule has 0 fully saturated rings. The van der Waals surface area contributed by atoms with Crippen LogP contribution in [0.15, 0.2) is 59.6 Å². The highest BCUT2D eigenvalue weighted by molar-refractivity contribution is 6.08. The minimum absolute atomic E-state index is 0.0525. The fraction of sp³-hybridized carbons (Fsp3) is 0.263. The molecule has 2 aromatic carbocycles. The lowest BCUT2D eigenvalue weighted by Crippen LogP contribution is -2.36. The van der Waals surface area contributed by atoms with Gasteiger partial charge in [0.2, 0.25) is 5.90 Å². The Bertz CT molecular complexity index is 752.